The van der Waals surface area contributed by atoms with Crippen LogP contribution in [0.1, 0.15) is 6.92 Å². The maximum Gasteiger partial charge on any atom is 0.0897 e. The molecule has 0 aliphatic carbocycles. The summed E-state index contributed by atoms with van der Waals surface area (Å²) in [6.07, 6.45) is 1.46. The second-order valence-electron chi connectivity index (χ2n) is 3.82. The van der Waals surface area contributed by atoms with E-state index < -0.39 is 6.10 Å². The van der Waals surface area contributed by atoms with Gasteiger partial charge < -0.3 is 19.9 Å². The number of aliphatic hydroxyl groups excluding tert-OH is 1. The number of aliphatic hydroxyl groups is 1. The van der Waals surface area contributed by atoms with Gasteiger partial charge in [-0.15, -0.1) is 6.58 Å². The highest BCUT2D eigenvalue weighted by Crippen LogP contribution is 1.97. The summed E-state index contributed by atoms with van der Waals surface area (Å²) >= 11 is 1.82. The van der Waals surface area contributed by atoms with Crippen molar-refractivity contribution in [1.29, 1.82) is 0 Å². The Morgan fingerprint density at radius 1 is 1.47 bits per heavy atom. The van der Waals surface area contributed by atoms with E-state index in [0.29, 0.717) is 19.8 Å². The van der Waals surface area contributed by atoms with Crippen LogP contribution in [0.25, 0.3) is 0 Å². The molecule has 0 fully saturated rings. The van der Waals surface area contributed by atoms with Gasteiger partial charge in [0.2, 0.25) is 0 Å². The minimum absolute atomic E-state index is 0.0257. The average molecular weight is 263 g/mol. The van der Waals surface area contributed by atoms with Crippen molar-refractivity contribution in [3.05, 3.63) is 12.7 Å². The van der Waals surface area contributed by atoms with Crippen LogP contribution in [-0.2, 0) is 9.47 Å². The lowest BCUT2D eigenvalue weighted by atomic mass is 10.3. The minimum Gasteiger partial charge on any atom is -0.389 e. The molecule has 4 nitrogen and oxygen atoms in total. The number of methoxy groups -OCH3 is 1. The Hall–Kier alpha value is -0.0700. The molecule has 0 aliphatic rings. The molecular weight excluding hydrogens is 238 g/mol. The predicted molar refractivity (Wildman–Crippen MR) is 73.7 cm³/mol. The highest BCUT2D eigenvalue weighted by atomic mass is 32.2. The smallest absolute Gasteiger partial charge is 0.0897 e. The quantitative estimate of drug-likeness (QED) is 0.405. The zero-order chi connectivity index (χ0) is 12.9. The van der Waals surface area contributed by atoms with Crippen molar-refractivity contribution < 1.29 is 14.6 Å². The summed E-state index contributed by atoms with van der Waals surface area (Å²) < 4.78 is 10.3. The first-order chi connectivity index (χ1) is 8.20. The summed E-state index contributed by atoms with van der Waals surface area (Å²) in [7, 11) is 1.64. The van der Waals surface area contributed by atoms with Gasteiger partial charge in [-0.05, 0) is 6.92 Å². The van der Waals surface area contributed by atoms with E-state index in [1.807, 2.05) is 24.8 Å². The second-order valence-corrected chi connectivity index (χ2v) is 4.97. The largest absolute Gasteiger partial charge is 0.389 e. The number of thioether (sulfide) groups is 1. The van der Waals surface area contributed by atoms with Crippen LogP contribution >= 0.6 is 11.8 Å². The summed E-state index contributed by atoms with van der Waals surface area (Å²) in [5.74, 6) is 2.00. The van der Waals surface area contributed by atoms with Crippen LogP contribution in [0.15, 0.2) is 12.7 Å². The van der Waals surface area contributed by atoms with Gasteiger partial charge in [-0.2, -0.15) is 11.8 Å². The third kappa shape index (κ3) is 12.2. The molecule has 0 radical (unpaired) electrons. The van der Waals surface area contributed by atoms with Gasteiger partial charge in [-0.25, -0.2) is 0 Å². The molecule has 0 amide bonds. The fourth-order valence-electron chi connectivity index (χ4n) is 1.20. The topological polar surface area (TPSA) is 50.7 Å². The Kier molecular flexibility index (Phi) is 12.3. The zero-order valence-electron chi connectivity index (χ0n) is 10.9. The molecule has 0 heterocycles. The third-order valence-corrected chi connectivity index (χ3v) is 2.98. The van der Waals surface area contributed by atoms with Gasteiger partial charge in [0.1, 0.15) is 0 Å². The molecule has 2 unspecified atom stereocenters. The van der Waals surface area contributed by atoms with Crippen LogP contribution in [0.5, 0.6) is 0 Å². The first kappa shape index (κ1) is 16.9. The van der Waals surface area contributed by atoms with E-state index in [4.69, 9.17) is 9.47 Å². The highest BCUT2D eigenvalue weighted by Gasteiger charge is 2.07. The fraction of sp³-hybridized carbons (Fsp3) is 0.833. The SMILES string of the molecule is C=CCSCCNCC(O)COC(C)COC. The first-order valence-corrected chi connectivity index (χ1v) is 7.04. The molecule has 102 valence electrons. The molecule has 0 aromatic carbocycles. The van der Waals surface area contributed by atoms with Crippen LogP contribution in [0.4, 0.5) is 0 Å². The molecule has 0 rings (SSSR count). The van der Waals surface area contributed by atoms with Gasteiger partial charge >= 0.3 is 0 Å². The van der Waals surface area contributed by atoms with Crippen LogP contribution in [0.3, 0.4) is 0 Å². The lowest BCUT2D eigenvalue weighted by Gasteiger charge is -2.16. The van der Waals surface area contributed by atoms with Crippen LogP contribution < -0.4 is 5.32 Å². The number of ether oxygens (including phenoxy) is 2. The van der Waals surface area contributed by atoms with Crippen LogP contribution in [-0.4, -0.2) is 62.2 Å². The number of nitrogens with one attached hydrogen (secondary N) is 1. The number of hydrogen-bond acceptors (Lipinski definition) is 5. The maximum atomic E-state index is 9.62. The van der Waals surface area contributed by atoms with Crippen molar-refractivity contribution in [3.8, 4) is 0 Å². The average Bonchev–Trinajstić information content (AvgIpc) is 2.31. The van der Waals surface area contributed by atoms with Crippen LogP contribution in [0, 0.1) is 0 Å². The molecule has 0 saturated carbocycles. The monoisotopic (exact) mass is 263 g/mol. The Bertz CT molecular complexity index is 181. The molecule has 2 N–H and O–H groups in total. The summed E-state index contributed by atoms with van der Waals surface area (Å²) in [4.78, 5) is 0. The second kappa shape index (κ2) is 12.4. The van der Waals surface area contributed by atoms with Crippen molar-refractivity contribution >= 4 is 11.8 Å². The van der Waals surface area contributed by atoms with E-state index in [-0.39, 0.29) is 6.10 Å². The third-order valence-electron chi connectivity index (χ3n) is 2.01. The van der Waals surface area contributed by atoms with E-state index >= 15 is 0 Å². The number of rotatable bonds is 12. The molecule has 0 aliphatic heterocycles. The van der Waals surface area contributed by atoms with Gasteiger partial charge in [-0.1, -0.05) is 6.08 Å². The molecule has 0 spiro atoms. The first-order valence-electron chi connectivity index (χ1n) is 5.88. The van der Waals surface area contributed by atoms with Gasteiger partial charge in [0.15, 0.2) is 0 Å². The summed E-state index contributed by atoms with van der Waals surface area (Å²) in [6, 6.07) is 0. The van der Waals surface area contributed by atoms with Crippen molar-refractivity contribution in [1.82, 2.24) is 5.32 Å². The lowest BCUT2D eigenvalue weighted by Crippen LogP contribution is -2.33. The van der Waals surface area contributed by atoms with E-state index in [0.717, 1.165) is 18.1 Å². The normalized spacial score (nSPS) is 14.5. The van der Waals surface area contributed by atoms with E-state index in [1.165, 1.54) is 0 Å². The van der Waals surface area contributed by atoms with E-state index in [1.54, 1.807) is 7.11 Å². The molecule has 5 heteroatoms. The lowest BCUT2D eigenvalue weighted by molar-refractivity contribution is -0.0309. The standard InChI is InChI=1S/C12H25NO3S/c1-4-6-17-7-5-13-8-12(14)10-16-11(2)9-15-3/h4,11-14H,1,5-10H2,2-3H3. The summed E-state index contributed by atoms with van der Waals surface area (Å²) in [5, 5.41) is 12.8. The van der Waals surface area contributed by atoms with Gasteiger partial charge in [0.25, 0.3) is 0 Å². The summed E-state index contributed by atoms with van der Waals surface area (Å²) in [6.45, 7) is 7.94. The van der Waals surface area contributed by atoms with Gasteiger partial charge in [0.05, 0.1) is 25.4 Å². The molecule has 0 bridgehead atoms. The van der Waals surface area contributed by atoms with Gasteiger partial charge in [0, 0.05) is 31.7 Å². The van der Waals surface area contributed by atoms with E-state index in [2.05, 4.69) is 11.9 Å². The number of hydrogen-bond donors (Lipinski definition) is 2. The molecule has 17 heavy (non-hydrogen) atoms. The fourth-order valence-corrected chi connectivity index (χ4v) is 1.82. The zero-order valence-corrected chi connectivity index (χ0v) is 11.7. The van der Waals surface area contributed by atoms with Gasteiger partial charge in [-0.3, -0.25) is 0 Å². The molecule has 0 saturated heterocycles. The van der Waals surface area contributed by atoms with Crippen molar-refractivity contribution in [2.24, 2.45) is 0 Å². The summed E-state index contributed by atoms with van der Waals surface area (Å²) in [5.41, 5.74) is 0. The van der Waals surface area contributed by atoms with Crippen molar-refractivity contribution in [2.45, 2.75) is 19.1 Å². The predicted octanol–water partition coefficient (Wildman–Crippen LogP) is 0.908. The molecule has 2 atom stereocenters. The Labute approximate surface area is 109 Å². The Morgan fingerprint density at radius 3 is 2.88 bits per heavy atom. The molecule has 0 aromatic heterocycles. The highest BCUT2D eigenvalue weighted by molar-refractivity contribution is 7.99. The molecular formula is C12H25NO3S. The Morgan fingerprint density at radius 2 is 2.24 bits per heavy atom. The maximum absolute atomic E-state index is 9.62. The molecule has 0 aromatic rings. The minimum atomic E-state index is -0.460. The Balaban J connectivity index is 3.28. The van der Waals surface area contributed by atoms with E-state index in [9.17, 15) is 5.11 Å². The van der Waals surface area contributed by atoms with Crippen LogP contribution in [0.2, 0.25) is 0 Å². The van der Waals surface area contributed by atoms with Crippen molar-refractivity contribution in [2.75, 3.05) is 44.9 Å². The van der Waals surface area contributed by atoms with Crippen molar-refractivity contribution in [3.63, 3.8) is 0 Å².